The van der Waals surface area contributed by atoms with Gasteiger partial charge in [0.2, 0.25) is 53.2 Å². The van der Waals surface area contributed by atoms with Crippen LogP contribution < -0.4 is 48.7 Å². The lowest BCUT2D eigenvalue weighted by atomic mass is 10.0. The maximum absolute atomic E-state index is 14.3. The van der Waals surface area contributed by atoms with Crippen LogP contribution in [0.25, 0.3) is 0 Å². The van der Waals surface area contributed by atoms with Crippen LogP contribution in [0.15, 0.2) is 24.3 Å². The summed E-state index contributed by atoms with van der Waals surface area (Å²) >= 11 is 1.51. The molecular formula is C55H94N10O10S. The lowest BCUT2D eigenvalue weighted by Gasteiger charge is -2.31. The van der Waals surface area contributed by atoms with Crippen molar-refractivity contribution in [3.05, 3.63) is 29.8 Å². The van der Waals surface area contributed by atoms with Crippen molar-refractivity contribution in [1.29, 1.82) is 0 Å². The molecule has 0 spiro atoms. The van der Waals surface area contributed by atoms with Crippen molar-refractivity contribution in [2.75, 3.05) is 38.7 Å². The number of rotatable bonds is 41. The lowest BCUT2D eigenvalue weighted by Crippen LogP contribution is -2.59. The molecule has 1 aromatic rings. The number of primary amides is 1. The van der Waals surface area contributed by atoms with Gasteiger partial charge in [-0.15, -0.1) is 0 Å². The van der Waals surface area contributed by atoms with E-state index < -0.39 is 84.1 Å². The van der Waals surface area contributed by atoms with Gasteiger partial charge in [0, 0.05) is 32.9 Å². The summed E-state index contributed by atoms with van der Waals surface area (Å²) in [5.41, 5.74) is 11.8. The molecule has 76 heavy (non-hydrogen) atoms. The Balaban J connectivity index is 2.18. The summed E-state index contributed by atoms with van der Waals surface area (Å²) in [6.45, 7) is 6.03. The lowest BCUT2D eigenvalue weighted by molar-refractivity contribution is -0.142. The number of unbranched alkanes of at least 4 members (excludes halogenated alkanes) is 13. The SMILES string of the molecule is CCCCCCCCCCCCCCCC(=O)N[C@@H](CCSC)C(=O)NCC(=O)N[C@@H](Cc1ccc(O)cc1)C(=O)N[C@@H](CCC(N)=O)C(=O)N[C@@H](CCCCN)C(=O)N1CCC[C@H]1C(=O)N[C@@H](CC(C)C)C(=O)NC. The Morgan fingerprint density at radius 2 is 1.24 bits per heavy atom. The zero-order valence-corrected chi connectivity index (χ0v) is 47.1. The number of thioether (sulfide) groups is 1. The van der Waals surface area contributed by atoms with Crippen molar-refractivity contribution < 1.29 is 48.3 Å². The number of benzene rings is 1. The van der Waals surface area contributed by atoms with Crippen LogP contribution in [-0.2, 0) is 49.6 Å². The maximum Gasteiger partial charge on any atom is 0.245 e. The minimum absolute atomic E-state index is 0.0391. The number of nitrogens with two attached hydrogens (primary N) is 2. The molecule has 0 unspecified atom stereocenters. The molecule has 2 rings (SSSR count). The number of nitrogens with zero attached hydrogens (tertiary/aromatic N) is 1. The molecule has 0 saturated carbocycles. The second-order valence-electron chi connectivity index (χ2n) is 20.5. The van der Waals surface area contributed by atoms with Crippen LogP contribution in [0.4, 0.5) is 0 Å². The van der Waals surface area contributed by atoms with E-state index in [0.29, 0.717) is 62.8 Å². The largest absolute Gasteiger partial charge is 0.508 e. The van der Waals surface area contributed by atoms with Crippen LogP contribution in [-0.4, -0.2) is 138 Å². The van der Waals surface area contributed by atoms with E-state index in [1.165, 1.54) is 93.6 Å². The average molecular weight is 1090 g/mol. The molecule has 0 bridgehead atoms. The van der Waals surface area contributed by atoms with Gasteiger partial charge >= 0.3 is 0 Å². The summed E-state index contributed by atoms with van der Waals surface area (Å²) in [5, 5.41) is 28.8. The molecule has 21 heteroatoms. The highest BCUT2D eigenvalue weighted by molar-refractivity contribution is 7.98. The van der Waals surface area contributed by atoms with Crippen molar-refractivity contribution in [3.63, 3.8) is 0 Å². The van der Waals surface area contributed by atoms with Crippen molar-refractivity contribution in [1.82, 2.24) is 42.1 Å². The van der Waals surface area contributed by atoms with Crippen LogP contribution >= 0.6 is 11.8 Å². The molecule has 0 aromatic heterocycles. The topological polar surface area (TPSA) is 313 Å². The number of aromatic hydroxyl groups is 1. The number of hydrogen-bond donors (Lipinski definition) is 10. The van der Waals surface area contributed by atoms with Gasteiger partial charge in [-0.3, -0.25) is 43.2 Å². The fraction of sp³-hybridized carbons (Fsp3) is 0.727. The van der Waals surface area contributed by atoms with Gasteiger partial charge in [0.05, 0.1) is 6.54 Å². The Labute approximate surface area is 456 Å². The van der Waals surface area contributed by atoms with E-state index in [4.69, 9.17) is 11.5 Å². The first kappa shape index (κ1) is 66.7. The van der Waals surface area contributed by atoms with Crippen LogP contribution in [0, 0.1) is 5.92 Å². The van der Waals surface area contributed by atoms with Crippen LogP contribution in [0.3, 0.4) is 0 Å². The summed E-state index contributed by atoms with van der Waals surface area (Å²) in [6.07, 6.45) is 19.3. The van der Waals surface area contributed by atoms with Gasteiger partial charge in [0.1, 0.15) is 42.0 Å². The molecular weight excluding hydrogens is 993 g/mol. The highest BCUT2D eigenvalue weighted by atomic mass is 32.2. The Morgan fingerprint density at radius 1 is 0.658 bits per heavy atom. The van der Waals surface area contributed by atoms with Crippen molar-refractivity contribution in [2.24, 2.45) is 17.4 Å². The standard InChI is InChI=1S/C55H94N10O10S/c1-6-7-8-9-10-11-12-13-14-15-16-17-18-24-48(68)60-42(31-34-76-5)51(71)59-37-49(69)61-45(36-39-25-27-40(66)28-26-39)53(73)62-41(29-30-47(57)67)52(72)63-43(22-19-20-32-56)55(75)65-33-21-23-46(65)54(74)64-44(35-38(2)3)50(70)58-4/h25-28,38,41-46,66H,6-24,29-37,56H2,1-5H3,(H2,57,67)(H,58,70)(H,59,71)(H,60,68)(H,61,69)(H,62,73)(H,63,72)(H,64,74)/t41-,42-,43-,44-,45-,46-/m0/s1. The first-order valence-corrected chi connectivity index (χ1v) is 29.4. The number of phenols is 1. The molecule has 20 nitrogen and oxygen atoms in total. The number of amides is 9. The molecule has 430 valence electrons. The third-order valence-corrected chi connectivity index (χ3v) is 14.2. The second kappa shape index (κ2) is 39.0. The quantitative estimate of drug-likeness (QED) is 0.0418. The average Bonchev–Trinajstić information content (AvgIpc) is 3.89. The molecule has 0 radical (unpaired) electrons. The van der Waals surface area contributed by atoms with Crippen LogP contribution in [0.2, 0.25) is 0 Å². The molecule has 1 aliphatic heterocycles. The second-order valence-corrected chi connectivity index (χ2v) is 21.5. The maximum atomic E-state index is 14.3. The molecule has 0 aliphatic carbocycles. The molecule has 12 N–H and O–H groups in total. The number of likely N-dealkylation sites (tertiary alicyclic amines) is 1. The number of hydrogen-bond acceptors (Lipinski definition) is 12. The van der Waals surface area contributed by atoms with Gasteiger partial charge in [-0.1, -0.05) is 110 Å². The van der Waals surface area contributed by atoms with Crippen molar-refractivity contribution >= 4 is 64.9 Å². The monoisotopic (exact) mass is 1090 g/mol. The number of carbonyl (C=O) groups is 9. The summed E-state index contributed by atoms with van der Waals surface area (Å²) in [4.78, 5) is 123. The Bertz CT molecular complexity index is 1940. The first-order chi connectivity index (χ1) is 36.4. The van der Waals surface area contributed by atoms with Crippen LogP contribution in [0.5, 0.6) is 5.75 Å². The van der Waals surface area contributed by atoms with E-state index in [1.54, 1.807) is 12.1 Å². The Hall–Kier alpha value is -5.44. The van der Waals surface area contributed by atoms with Crippen LogP contribution in [0.1, 0.15) is 174 Å². The third-order valence-electron chi connectivity index (χ3n) is 13.5. The summed E-state index contributed by atoms with van der Waals surface area (Å²) < 4.78 is 0. The molecule has 1 saturated heterocycles. The number of phenolic OH excluding ortho intramolecular Hbond substituents is 1. The fourth-order valence-corrected chi connectivity index (χ4v) is 9.66. The molecule has 1 aliphatic rings. The predicted molar refractivity (Wildman–Crippen MR) is 297 cm³/mol. The van der Waals surface area contributed by atoms with E-state index in [9.17, 15) is 48.3 Å². The Morgan fingerprint density at radius 3 is 1.82 bits per heavy atom. The summed E-state index contributed by atoms with van der Waals surface area (Å²) in [5.74, 6) is -4.82. The molecule has 1 fully saturated rings. The highest BCUT2D eigenvalue weighted by Crippen LogP contribution is 2.22. The van der Waals surface area contributed by atoms with Gasteiger partial charge in [-0.25, -0.2) is 0 Å². The Kier molecular flexibility index (Phi) is 34.2. The first-order valence-electron chi connectivity index (χ1n) is 28.0. The van der Waals surface area contributed by atoms with E-state index in [2.05, 4.69) is 44.1 Å². The van der Waals surface area contributed by atoms with Gasteiger partial charge in [-0.2, -0.15) is 11.8 Å². The molecule has 6 atom stereocenters. The molecule has 1 heterocycles. The molecule has 1 aromatic carbocycles. The van der Waals surface area contributed by atoms with Gasteiger partial charge in [-0.05, 0) is 100.0 Å². The van der Waals surface area contributed by atoms with Crippen molar-refractivity contribution in [2.45, 2.75) is 211 Å². The zero-order valence-electron chi connectivity index (χ0n) is 46.3. The zero-order chi connectivity index (χ0) is 56.3. The minimum atomic E-state index is -1.44. The highest BCUT2D eigenvalue weighted by Gasteiger charge is 2.40. The number of likely N-dealkylation sites (N-methyl/N-ethyl adjacent to an activating group) is 1. The van der Waals surface area contributed by atoms with Gasteiger partial charge < -0.3 is 58.7 Å². The van der Waals surface area contributed by atoms with E-state index in [-0.39, 0.29) is 62.1 Å². The predicted octanol–water partition coefficient (Wildman–Crippen LogP) is 3.89. The van der Waals surface area contributed by atoms with Gasteiger partial charge in [0.25, 0.3) is 0 Å². The van der Waals surface area contributed by atoms with E-state index in [1.807, 2.05) is 20.1 Å². The normalized spacial score (nSPS) is 15.1. The number of carbonyl (C=O) groups excluding carboxylic acids is 9. The van der Waals surface area contributed by atoms with E-state index >= 15 is 0 Å². The minimum Gasteiger partial charge on any atom is -0.508 e. The fourth-order valence-electron chi connectivity index (χ4n) is 9.19. The van der Waals surface area contributed by atoms with Gasteiger partial charge in [0.15, 0.2) is 0 Å². The third kappa shape index (κ3) is 27.6. The summed E-state index contributed by atoms with van der Waals surface area (Å²) in [7, 11) is 1.48. The summed E-state index contributed by atoms with van der Waals surface area (Å²) in [6, 6.07) is -0.712. The smallest absolute Gasteiger partial charge is 0.245 e. The molecule has 9 amide bonds. The number of nitrogens with one attached hydrogen (secondary N) is 7. The van der Waals surface area contributed by atoms with Crippen molar-refractivity contribution in [3.8, 4) is 5.75 Å². The van der Waals surface area contributed by atoms with E-state index in [0.717, 1.165) is 19.3 Å².